The number of hydrogen-bond donors (Lipinski definition) is 1. The van der Waals surface area contributed by atoms with Crippen molar-refractivity contribution in [2.75, 3.05) is 20.7 Å². The molecule has 1 aromatic carbocycles. The second-order valence-electron chi connectivity index (χ2n) is 4.76. The Hall–Kier alpha value is -1.80. The Morgan fingerprint density at radius 1 is 1.19 bits per heavy atom. The van der Waals surface area contributed by atoms with E-state index in [9.17, 15) is 0 Å². The van der Waals surface area contributed by atoms with Gasteiger partial charge in [-0.05, 0) is 25.2 Å². The Labute approximate surface area is 130 Å². The van der Waals surface area contributed by atoms with Gasteiger partial charge in [0.2, 0.25) is 0 Å². The minimum atomic E-state index is 0.404. The quantitative estimate of drug-likeness (QED) is 0.863. The van der Waals surface area contributed by atoms with E-state index in [1.165, 1.54) is 10.4 Å². The number of benzene rings is 1. The summed E-state index contributed by atoms with van der Waals surface area (Å²) in [6.45, 7) is 2.15. The van der Waals surface area contributed by atoms with E-state index in [1.54, 1.807) is 18.4 Å². The Morgan fingerprint density at radius 2 is 2.00 bits per heavy atom. The van der Waals surface area contributed by atoms with Crippen LogP contribution in [0.25, 0.3) is 0 Å². The fraction of sp³-hybridized carbons (Fsp3) is 0.294. The summed E-state index contributed by atoms with van der Waals surface area (Å²) >= 11 is 1.72. The molecule has 0 aliphatic carbocycles. The van der Waals surface area contributed by atoms with Gasteiger partial charge in [0.15, 0.2) is 0 Å². The standard InChI is InChI=1S/C17H20N2OS/c1-19(12-14-6-3-4-8-17(14)20-2)13-16-10-9-15(21-16)7-5-11-18/h3-4,6,8-10H,11-13,18H2,1-2H3. The summed E-state index contributed by atoms with van der Waals surface area (Å²) in [7, 11) is 3.82. The van der Waals surface area contributed by atoms with Crippen molar-refractivity contribution in [2.24, 2.45) is 5.73 Å². The summed E-state index contributed by atoms with van der Waals surface area (Å²) in [6.07, 6.45) is 0. The van der Waals surface area contributed by atoms with Crippen LogP contribution in [-0.4, -0.2) is 25.6 Å². The third kappa shape index (κ3) is 4.61. The number of nitrogens with two attached hydrogens (primary N) is 1. The molecule has 2 aromatic rings. The molecule has 0 aliphatic rings. The summed E-state index contributed by atoms with van der Waals surface area (Å²) in [4.78, 5) is 4.64. The van der Waals surface area contributed by atoms with Crippen LogP contribution in [0.3, 0.4) is 0 Å². The summed E-state index contributed by atoms with van der Waals surface area (Å²) in [5.74, 6) is 6.89. The van der Waals surface area contributed by atoms with Gasteiger partial charge in [0.25, 0.3) is 0 Å². The van der Waals surface area contributed by atoms with Crippen LogP contribution >= 0.6 is 11.3 Å². The van der Waals surface area contributed by atoms with E-state index in [0.717, 1.165) is 23.7 Å². The summed E-state index contributed by atoms with van der Waals surface area (Å²) < 4.78 is 5.39. The highest BCUT2D eigenvalue weighted by molar-refractivity contribution is 7.12. The number of nitrogens with zero attached hydrogens (tertiary/aromatic N) is 1. The minimum Gasteiger partial charge on any atom is -0.496 e. The first-order chi connectivity index (χ1) is 10.2. The van der Waals surface area contributed by atoms with Gasteiger partial charge in [-0.1, -0.05) is 30.0 Å². The second kappa shape index (κ2) is 7.84. The van der Waals surface area contributed by atoms with Gasteiger partial charge in [0.1, 0.15) is 5.75 Å². The van der Waals surface area contributed by atoms with Crippen molar-refractivity contribution in [3.63, 3.8) is 0 Å². The van der Waals surface area contributed by atoms with Crippen LogP contribution in [0.5, 0.6) is 5.75 Å². The van der Waals surface area contributed by atoms with Gasteiger partial charge in [-0.2, -0.15) is 0 Å². The van der Waals surface area contributed by atoms with E-state index in [1.807, 2.05) is 18.2 Å². The van der Waals surface area contributed by atoms with Crippen molar-refractivity contribution in [3.8, 4) is 17.6 Å². The van der Waals surface area contributed by atoms with Crippen LogP contribution in [-0.2, 0) is 13.1 Å². The third-order valence-electron chi connectivity index (χ3n) is 3.03. The normalized spacial score (nSPS) is 10.3. The lowest BCUT2D eigenvalue weighted by atomic mass is 10.2. The van der Waals surface area contributed by atoms with Crippen LogP contribution in [0, 0.1) is 11.8 Å². The zero-order chi connectivity index (χ0) is 15.1. The van der Waals surface area contributed by atoms with E-state index >= 15 is 0 Å². The fourth-order valence-electron chi connectivity index (χ4n) is 2.11. The molecule has 110 valence electrons. The van der Waals surface area contributed by atoms with Gasteiger partial charge in [-0.3, -0.25) is 4.90 Å². The van der Waals surface area contributed by atoms with E-state index < -0.39 is 0 Å². The molecule has 0 bridgehead atoms. The molecule has 2 rings (SSSR count). The first-order valence-electron chi connectivity index (χ1n) is 6.81. The lowest BCUT2D eigenvalue weighted by Gasteiger charge is -2.17. The SMILES string of the molecule is COc1ccccc1CN(C)Cc1ccc(C#CCN)s1. The van der Waals surface area contributed by atoms with Crippen molar-refractivity contribution in [1.82, 2.24) is 4.90 Å². The molecule has 4 heteroatoms. The fourth-order valence-corrected chi connectivity index (χ4v) is 3.08. The average molecular weight is 300 g/mol. The maximum atomic E-state index is 5.39. The highest BCUT2D eigenvalue weighted by atomic mass is 32.1. The van der Waals surface area contributed by atoms with Crippen LogP contribution in [0.15, 0.2) is 36.4 Å². The number of rotatable bonds is 5. The predicted octanol–water partition coefficient (Wildman–Crippen LogP) is 2.70. The van der Waals surface area contributed by atoms with Crippen LogP contribution in [0.4, 0.5) is 0 Å². The molecule has 0 spiro atoms. The monoisotopic (exact) mass is 300 g/mol. The van der Waals surface area contributed by atoms with E-state index in [0.29, 0.717) is 6.54 Å². The van der Waals surface area contributed by atoms with Gasteiger partial charge in [0, 0.05) is 23.5 Å². The summed E-state index contributed by atoms with van der Waals surface area (Å²) in [5, 5.41) is 0. The minimum absolute atomic E-state index is 0.404. The molecule has 0 aliphatic heterocycles. The van der Waals surface area contributed by atoms with E-state index in [4.69, 9.17) is 10.5 Å². The van der Waals surface area contributed by atoms with Gasteiger partial charge in [0.05, 0.1) is 18.5 Å². The Morgan fingerprint density at radius 3 is 2.76 bits per heavy atom. The van der Waals surface area contributed by atoms with Crippen molar-refractivity contribution in [2.45, 2.75) is 13.1 Å². The third-order valence-corrected chi connectivity index (χ3v) is 4.02. The van der Waals surface area contributed by atoms with E-state index in [-0.39, 0.29) is 0 Å². The molecule has 1 aromatic heterocycles. The molecule has 0 radical (unpaired) electrons. The number of thiophene rings is 1. The molecule has 0 saturated heterocycles. The lowest BCUT2D eigenvalue weighted by Crippen LogP contribution is -2.17. The van der Waals surface area contributed by atoms with Crippen LogP contribution in [0.1, 0.15) is 15.3 Å². The van der Waals surface area contributed by atoms with Gasteiger partial charge >= 0.3 is 0 Å². The van der Waals surface area contributed by atoms with Crippen molar-refractivity contribution < 1.29 is 4.74 Å². The number of hydrogen-bond acceptors (Lipinski definition) is 4. The molecule has 21 heavy (non-hydrogen) atoms. The molecular formula is C17H20N2OS. The molecule has 0 fully saturated rings. The molecule has 2 N–H and O–H groups in total. The first kappa shape index (κ1) is 15.6. The number of ether oxygens (including phenoxy) is 1. The molecule has 0 amide bonds. The first-order valence-corrected chi connectivity index (χ1v) is 7.62. The van der Waals surface area contributed by atoms with E-state index in [2.05, 4.69) is 42.0 Å². The topological polar surface area (TPSA) is 38.5 Å². The van der Waals surface area contributed by atoms with Crippen LogP contribution in [0.2, 0.25) is 0 Å². The molecule has 0 unspecified atom stereocenters. The number of para-hydroxylation sites is 1. The highest BCUT2D eigenvalue weighted by Crippen LogP contribution is 2.21. The average Bonchev–Trinajstić information content (AvgIpc) is 2.93. The number of methoxy groups -OCH3 is 1. The van der Waals surface area contributed by atoms with Gasteiger partial charge in [-0.15, -0.1) is 11.3 Å². The van der Waals surface area contributed by atoms with Gasteiger partial charge in [-0.25, -0.2) is 0 Å². The Kier molecular flexibility index (Phi) is 5.82. The van der Waals surface area contributed by atoms with Gasteiger partial charge < -0.3 is 10.5 Å². The molecule has 1 heterocycles. The Bertz CT molecular complexity index is 639. The van der Waals surface area contributed by atoms with Crippen molar-refractivity contribution in [1.29, 1.82) is 0 Å². The summed E-state index contributed by atoms with van der Waals surface area (Å²) in [6, 6.07) is 12.3. The predicted molar refractivity (Wildman–Crippen MR) is 88.4 cm³/mol. The lowest BCUT2D eigenvalue weighted by molar-refractivity contribution is 0.312. The second-order valence-corrected chi connectivity index (χ2v) is 5.92. The van der Waals surface area contributed by atoms with Crippen LogP contribution < -0.4 is 10.5 Å². The molecule has 3 nitrogen and oxygen atoms in total. The zero-order valence-corrected chi connectivity index (χ0v) is 13.2. The largest absolute Gasteiger partial charge is 0.496 e. The molecule has 0 atom stereocenters. The van der Waals surface area contributed by atoms with Crippen molar-refractivity contribution in [3.05, 3.63) is 51.7 Å². The van der Waals surface area contributed by atoms with Crippen molar-refractivity contribution >= 4 is 11.3 Å². The maximum absolute atomic E-state index is 5.39. The molecule has 0 saturated carbocycles. The molecular weight excluding hydrogens is 280 g/mol. The zero-order valence-electron chi connectivity index (χ0n) is 12.4. The highest BCUT2D eigenvalue weighted by Gasteiger charge is 2.07. The Balaban J connectivity index is 1.98. The smallest absolute Gasteiger partial charge is 0.123 e. The summed E-state index contributed by atoms with van der Waals surface area (Å²) in [5.41, 5.74) is 6.58. The maximum Gasteiger partial charge on any atom is 0.123 e.